The fraction of sp³-hybridized carbons (Fsp3) is 0.833. The van der Waals surface area contributed by atoms with Crippen molar-refractivity contribution < 1.29 is 9.59 Å². The molecule has 0 saturated heterocycles. The lowest BCUT2D eigenvalue weighted by molar-refractivity contribution is -0.122. The molecule has 0 bridgehead atoms. The fourth-order valence-corrected chi connectivity index (χ4v) is 1.37. The highest BCUT2D eigenvalue weighted by Crippen LogP contribution is 2.11. The third-order valence-corrected chi connectivity index (χ3v) is 2.42. The number of carbonyl (C=O) groups is 2. The highest BCUT2D eigenvalue weighted by molar-refractivity contribution is 5.79. The standard InChI is InChI=1S/C12H22O2/c1-9(2)8-12(14)7-5-6-10(3)11(4)13/h9-10H,5-8H2,1-4H3. The topological polar surface area (TPSA) is 34.1 Å². The van der Waals surface area contributed by atoms with Crippen molar-refractivity contribution in [2.75, 3.05) is 0 Å². The number of carbonyl (C=O) groups excluding carboxylic acids is 2. The maximum absolute atomic E-state index is 11.3. The highest BCUT2D eigenvalue weighted by atomic mass is 16.1. The second-order valence-corrected chi connectivity index (χ2v) is 4.54. The third kappa shape index (κ3) is 6.81. The number of ketones is 2. The summed E-state index contributed by atoms with van der Waals surface area (Å²) in [4.78, 5) is 22.2. The SMILES string of the molecule is CC(=O)C(C)CCCC(=O)CC(C)C. The summed E-state index contributed by atoms with van der Waals surface area (Å²) in [7, 11) is 0. The summed E-state index contributed by atoms with van der Waals surface area (Å²) in [6.45, 7) is 7.64. The van der Waals surface area contributed by atoms with Gasteiger partial charge in [0.1, 0.15) is 11.6 Å². The smallest absolute Gasteiger partial charge is 0.133 e. The van der Waals surface area contributed by atoms with Gasteiger partial charge in [0.2, 0.25) is 0 Å². The van der Waals surface area contributed by atoms with Gasteiger partial charge in [-0.25, -0.2) is 0 Å². The molecule has 0 aromatic rings. The summed E-state index contributed by atoms with van der Waals surface area (Å²) in [6, 6.07) is 0. The van der Waals surface area contributed by atoms with E-state index in [1.807, 2.05) is 6.92 Å². The van der Waals surface area contributed by atoms with E-state index < -0.39 is 0 Å². The molecular formula is C12H22O2. The Labute approximate surface area is 87.1 Å². The van der Waals surface area contributed by atoms with Gasteiger partial charge in [0.25, 0.3) is 0 Å². The lowest BCUT2D eigenvalue weighted by atomic mass is 9.97. The molecule has 2 nitrogen and oxygen atoms in total. The van der Waals surface area contributed by atoms with Crippen LogP contribution in [0.4, 0.5) is 0 Å². The van der Waals surface area contributed by atoms with Gasteiger partial charge in [-0.05, 0) is 25.7 Å². The normalized spacial score (nSPS) is 12.9. The van der Waals surface area contributed by atoms with Crippen molar-refractivity contribution in [3.8, 4) is 0 Å². The molecule has 0 radical (unpaired) electrons. The number of rotatable bonds is 7. The van der Waals surface area contributed by atoms with Gasteiger partial charge in [-0.15, -0.1) is 0 Å². The van der Waals surface area contributed by atoms with Crippen LogP contribution in [0.15, 0.2) is 0 Å². The largest absolute Gasteiger partial charge is 0.300 e. The Kier molecular flexibility index (Phi) is 6.43. The van der Waals surface area contributed by atoms with Crippen molar-refractivity contribution in [2.45, 2.75) is 53.4 Å². The molecular weight excluding hydrogens is 176 g/mol. The second kappa shape index (κ2) is 6.74. The van der Waals surface area contributed by atoms with E-state index in [9.17, 15) is 9.59 Å². The van der Waals surface area contributed by atoms with E-state index in [0.29, 0.717) is 24.5 Å². The molecule has 0 fully saturated rings. The van der Waals surface area contributed by atoms with E-state index in [1.54, 1.807) is 6.92 Å². The Morgan fingerprint density at radius 1 is 1.14 bits per heavy atom. The molecule has 0 aliphatic carbocycles. The molecule has 0 amide bonds. The molecule has 2 heteroatoms. The zero-order valence-electron chi connectivity index (χ0n) is 9.80. The van der Waals surface area contributed by atoms with Crippen molar-refractivity contribution in [1.29, 1.82) is 0 Å². The molecule has 0 rings (SSSR count). The predicted octanol–water partition coefficient (Wildman–Crippen LogP) is 3.00. The molecule has 14 heavy (non-hydrogen) atoms. The Balaban J connectivity index is 3.54. The van der Waals surface area contributed by atoms with E-state index in [0.717, 1.165) is 12.8 Å². The van der Waals surface area contributed by atoms with Crippen LogP contribution in [-0.2, 0) is 9.59 Å². The van der Waals surface area contributed by atoms with Gasteiger partial charge in [0.15, 0.2) is 0 Å². The van der Waals surface area contributed by atoms with Gasteiger partial charge in [0.05, 0.1) is 0 Å². The Morgan fingerprint density at radius 3 is 2.14 bits per heavy atom. The third-order valence-electron chi connectivity index (χ3n) is 2.42. The quantitative estimate of drug-likeness (QED) is 0.630. The summed E-state index contributed by atoms with van der Waals surface area (Å²) in [5.74, 6) is 1.12. The minimum atomic E-state index is 0.113. The molecule has 0 aliphatic heterocycles. The first-order valence-corrected chi connectivity index (χ1v) is 5.45. The molecule has 0 saturated carbocycles. The predicted molar refractivity (Wildman–Crippen MR) is 58.2 cm³/mol. The van der Waals surface area contributed by atoms with Crippen LogP contribution in [0.25, 0.3) is 0 Å². The van der Waals surface area contributed by atoms with Crippen molar-refractivity contribution in [3.05, 3.63) is 0 Å². The molecule has 0 aromatic heterocycles. The summed E-state index contributed by atoms with van der Waals surface area (Å²) < 4.78 is 0. The molecule has 0 heterocycles. The first-order valence-electron chi connectivity index (χ1n) is 5.45. The van der Waals surface area contributed by atoms with Crippen LogP contribution in [0, 0.1) is 11.8 Å². The van der Waals surface area contributed by atoms with Crippen LogP contribution in [-0.4, -0.2) is 11.6 Å². The second-order valence-electron chi connectivity index (χ2n) is 4.54. The number of hydrogen-bond donors (Lipinski definition) is 0. The fourth-order valence-electron chi connectivity index (χ4n) is 1.37. The minimum Gasteiger partial charge on any atom is -0.300 e. The summed E-state index contributed by atoms with van der Waals surface area (Å²) in [5, 5.41) is 0. The Bertz CT molecular complexity index is 194. The van der Waals surface area contributed by atoms with Crippen LogP contribution < -0.4 is 0 Å². The zero-order valence-corrected chi connectivity index (χ0v) is 9.80. The monoisotopic (exact) mass is 198 g/mol. The van der Waals surface area contributed by atoms with Gasteiger partial charge in [0, 0.05) is 18.8 Å². The average Bonchev–Trinajstić information content (AvgIpc) is 2.02. The first kappa shape index (κ1) is 13.3. The van der Waals surface area contributed by atoms with Gasteiger partial charge in [-0.3, -0.25) is 9.59 Å². The molecule has 0 N–H and O–H groups in total. The van der Waals surface area contributed by atoms with E-state index in [2.05, 4.69) is 13.8 Å². The molecule has 82 valence electrons. The van der Waals surface area contributed by atoms with E-state index in [1.165, 1.54) is 0 Å². The van der Waals surface area contributed by atoms with Crippen molar-refractivity contribution >= 4 is 11.6 Å². The maximum Gasteiger partial charge on any atom is 0.133 e. The molecule has 0 spiro atoms. The first-order chi connectivity index (χ1) is 6.43. The van der Waals surface area contributed by atoms with Gasteiger partial charge >= 0.3 is 0 Å². The summed E-state index contributed by atoms with van der Waals surface area (Å²) in [6.07, 6.45) is 3.01. The highest BCUT2D eigenvalue weighted by Gasteiger charge is 2.09. The van der Waals surface area contributed by atoms with Crippen LogP contribution in [0.3, 0.4) is 0 Å². The average molecular weight is 198 g/mol. The Morgan fingerprint density at radius 2 is 1.71 bits per heavy atom. The van der Waals surface area contributed by atoms with E-state index in [4.69, 9.17) is 0 Å². The Hall–Kier alpha value is -0.660. The summed E-state index contributed by atoms with van der Waals surface area (Å²) in [5.41, 5.74) is 0. The zero-order chi connectivity index (χ0) is 11.1. The minimum absolute atomic E-state index is 0.113. The van der Waals surface area contributed by atoms with Crippen molar-refractivity contribution in [2.24, 2.45) is 11.8 Å². The lowest BCUT2D eigenvalue weighted by Gasteiger charge is -2.07. The number of hydrogen-bond acceptors (Lipinski definition) is 2. The number of Topliss-reactive ketones (excluding diaryl/α,β-unsaturated/α-hetero) is 2. The van der Waals surface area contributed by atoms with Crippen LogP contribution >= 0.6 is 0 Å². The van der Waals surface area contributed by atoms with Crippen LogP contribution in [0.2, 0.25) is 0 Å². The lowest BCUT2D eigenvalue weighted by Crippen LogP contribution is -2.08. The van der Waals surface area contributed by atoms with E-state index >= 15 is 0 Å². The maximum atomic E-state index is 11.3. The van der Waals surface area contributed by atoms with Gasteiger partial charge < -0.3 is 0 Å². The van der Waals surface area contributed by atoms with Gasteiger partial charge in [-0.1, -0.05) is 20.8 Å². The van der Waals surface area contributed by atoms with Crippen LogP contribution in [0.5, 0.6) is 0 Å². The van der Waals surface area contributed by atoms with Gasteiger partial charge in [-0.2, -0.15) is 0 Å². The van der Waals surface area contributed by atoms with E-state index in [-0.39, 0.29) is 11.7 Å². The summed E-state index contributed by atoms with van der Waals surface area (Å²) >= 11 is 0. The molecule has 0 aromatic carbocycles. The molecule has 1 atom stereocenters. The van der Waals surface area contributed by atoms with Crippen LogP contribution in [0.1, 0.15) is 53.4 Å². The van der Waals surface area contributed by atoms with Crippen molar-refractivity contribution in [1.82, 2.24) is 0 Å². The molecule has 0 aliphatic rings. The molecule has 1 unspecified atom stereocenters. The van der Waals surface area contributed by atoms with Crippen molar-refractivity contribution in [3.63, 3.8) is 0 Å².